The second kappa shape index (κ2) is 8.98. The van der Waals surface area contributed by atoms with Crippen molar-refractivity contribution in [3.8, 4) is 0 Å². The monoisotopic (exact) mass is 294 g/mol. The lowest BCUT2D eigenvalue weighted by Gasteiger charge is -2.11. The van der Waals surface area contributed by atoms with Crippen molar-refractivity contribution in [3.63, 3.8) is 0 Å². The molecule has 5 nitrogen and oxygen atoms in total. The number of hydrogen-bond acceptors (Lipinski definition) is 2. The molecule has 1 aromatic carbocycles. The zero-order valence-electron chi connectivity index (χ0n) is 11.4. The van der Waals surface area contributed by atoms with Crippen LogP contribution >= 0.6 is 11.6 Å². The summed E-state index contributed by atoms with van der Waals surface area (Å²) in [5, 5.41) is 9.53. The molecule has 1 aromatic rings. The van der Waals surface area contributed by atoms with Gasteiger partial charge < -0.3 is 16.0 Å². The van der Waals surface area contributed by atoms with Crippen LogP contribution in [0.15, 0.2) is 41.9 Å². The predicted octanol–water partition coefficient (Wildman–Crippen LogP) is 1.42. The molecule has 6 heteroatoms. The fraction of sp³-hybridized carbons (Fsp3) is 0.286. The number of guanidine groups is 1. The lowest BCUT2D eigenvalue weighted by molar-refractivity contribution is 0.0954. The molecule has 0 saturated heterocycles. The molecule has 0 aliphatic heterocycles. The highest BCUT2D eigenvalue weighted by Gasteiger charge is 2.04. The van der Waals surface area contributed by atoms with E-state index in [1.807, 2.05) is 0 Å². The van der Waals surface area contributed by atoms with Gasteiger partial charge in [-0.05, 0) is 24.3 Å². The maximum atomic E-state index is 11.8. The van der Waals surface area contributed by atoms with Gasteiger partial charge in [0, 0.05) is 37.3 Å². The molecule has 1 rings (SSSR count). The Kier molecular flexibility index (Phi) is 7.21. The molecule has 0 atom stereocenters. The van der Waals surface area contributed by atoms with Gasteiger partial charge in [-0.1, -0.05) is 17.7 Å². The van der Waals surface area contributed by atoms with E-state index in [4.69, 9.17) is 11.6 Å². The quantitative estimate of drug-likeness (QED) is 0.322. The Labute approximate surface area is 124 Å². The highest BCUT2D eigenvalue weighted by Crippen LogP contribution is 2.08. The van der Waals surface area contributed by atoms with Crippen molar-refractivity contribution in [3.05, 3.63) is 47.5 Å². The van der Waals surface area contributed by atoms with Gasteiger partial charge in [0.1, 0.15) is 0 Å². The van der Waals surface area contributed by atoms with Gasteiger partial charge in [-0.2, -0.15) is 0 Å². The van der Waals surface area contributed by atoms with Gasteiger partial charge in [0.2, 0.25) is 0 Å². The number of halogens is 1. The first-order valence-electron chi connectivity index (χ1n) is 6.26. The van der Waals surface area contributed by atoms with Gasteiger partial charge in [-0.25, -0.2) is 0 Å². The van der Waals surface area contributed by atoms with Crippen LogP contribution in [0, 0.1) is 0 Å². The van der Waals surface area contributed by atoms with Crippen LogP contribution in [-0.2, 0) is 0 Å². The summed E-state index contributed by atoms with van der Waals surface area (Å²) >= 11 is 5.77. The van der Waals surface area contributed by atoms with Gasteiger partial charge in [0.15, 0.2) is 5.96 Å². The topological polar surface area (TPSA) is 65.5 Å². The first-order valence-corrected chi connectivity index (χ1v) is 6.64. The number of carbonyl (C=O) groups excluding carboxylic acids is 1. The highest BCUT2D eigenvalue weighted by atomic mass is 35.5. The standard InChI is InChI=1S/C14H19ClN4O/c1-3-8-18-14(16-2)19-10-9-17-13(20)11-4-6-12(15)7-5-11/h3-7H,1,8-10H2,2H3,(H,17,20)(H2,16,18,19). The average molecular weight is 295 g/mol. The van der Waals surface area contributed by atoms with E-state index in [0.29, 0.717) is 36.2 Å². The molecule has 1 amide bonds. The number of benzene rings is 1. The molecule has 0 aliphatic carbocycles. The Bertz CT molecular complexity index is 471. The maximum Gasteiger partial charge on any atom is 0.251 e. The summed E-state index contributed by atoms with van der Waals surface area (Å²) < 4.78 is 0. The number of nitrogens with zero attached hydrogens (tertiary/aromatic N) is 1. The first kappa shape index (κ1) is 16.0. The lowest BCUT2D eigenvalue weighted by atomic mass is 10.2. The number of aliphatic imine (C=N–C) groups is 1. The van der Waals surface area contributed by atoms with Crippen molar-refractivity contribution in [2.75, 3.05) is 26.7 Å². The molecule has 0 unspecified atom stereocenters. The van der Waals surface area contributed by atoms with Crippen molar-refractivity contribution in [1.29, 1.82) is 0 Å². The van der Waals surface area contributed by atoms with Crippen LogP contribution in [0.1, 0.15) is 10.4 Å². The minimum absolute atomic E-state index is 0.127. The summed E-state index contributed by atoms with van der Waals surface area (Å²) in [7, 11) is 1.69. The van der Waals surface area contributed by atoms with Crippen LogP contribution in [-0.4, -0.2) is 38.5 Å². The van der Waals surface area contributed by atoms with Crippen LogP contribution in [0.25, 0.3) is 0 Å². The van der Waals surface area contributed by atoms with Crippen LogP contribution < -0.4 is 16.0 Å². The summed E-state index contributed by atoms with van der Waals surface area (Å²) in [5.74, 6) is 0.545. The Morgan fingerprint density at radius 2 is 1.90 bits per heavy atom. The molecule has 0 bridgehead atoms. The van der Waals surface area contributed by atoms with E-state index < -0.39 is 0 Å². The molecule has 20 heavy (non-hydrogen) atoms. The second-order valence-electron chi connectivity index (χ2n) is 3.93. The van der Waals surface area contributed by atoms with Crippen molar-refractivity contribution in [2.45, 2.75) is 0 Å². The summed E-state index contributed by atoms with van der Waals surface area (Å²) in [6, 6.07) is 6.76. The minimum atomic E-state index is -0.127. The molecule has 0 saturated carbocycles. The predicted molar refractivity (Wildman–Crippen MR) is 83.3 cm³/mol. The van der Waals surface area contributed by atoms with Crippen molar-refractivity contribution < 1.29 is 4.79 Å². The van der Waals surface area contributed by atoms with Crippen LogP contribution in [0.2, 0.25) is 5.02 Å². The van der Waals surface area contributed by atoms with E-state index in [9.17, 15) is 4.79 Å². The average Bonchev–Trinajstić information content (AvgIpc) is 2.47. The van der Waals surface area contributed by atoms with Crippen LogP contribution in [0.3, 0.4) is 0 Å². The number of carbonyl (C=O) groups is 1. The summed E-state index contributed by atoms with van der Waals surface area (Å²) in [5.41, 5.74) is 0.587. The normalized spacial score (nSPS) is 10.8. The third-order valence-corrected chi connectivity index (χ3v) is 2.70. The van der Waals surface area contributed by atoms with E-state index in [-0.39, 0.29) is 5.91 Å². The zero-order chi connectivity index (χ0) is 14.8. The fourth-order valence-electron chi connectivity index (χ4n) is 1.45. The van der Waals surface area contributed by atoms with Gasteiger partial charge in [0.25, 0.3) is 5.91 Å². The van der Waals surface area contributed by atoms with E-state index in [1.165, 1.54) is 0 Å². The SMILES string of the molecule is C=CCNC(=NC)NCCNC(=O)c1ccc(Cl)cc1. The summed E-state index contributed by atoms with van der Waals surface area (Å²) in [6.45, 7) is 5.33. The van der Waals surface area contributed by atoms with E-state index in [2.05, 4.69) is 27.5 Å². The van der Waals surface area contributed by atoms with Gasteiger partial charge in [-0.3, -0.25) is 9.79 Å². The Morgan fingerprint density at radius 1 is 1.25 bits per heavy atom. The fourth-order valence-corrected chi connectivity index (χ4v) is 1.58. The number of amides is 1. The lowest BCUT2D eigenvalue weighted by Crippen LogP contribution is -2.41. The van der Waals surface area contributed by atoms with Gasteiger partial charge in [0.05, 0.1) is 0 Å². The van der Waals surface area contributed by atoms with Gasteiger partial charge >= 0.3 is 0 Å². The summed E-state index contributed by atoms with van der Waals surface area (Å²) in [4.78, 5) is 15.8. The first-order chi connectivity index (χ1) is 9.67. The smallest absolute Gasteiger partial charge is 0.251 e. The molecule has 0 spiro atoms. The maximum absolute atomic E-state index is 11.8. The summed E-state index contributed by atoms with van der Waals surface area (Å²) in [6.07, 6.45) is 1.75. The molecular formula is C14H19ClN4O. The molecular weight excluding hydrogens is 276 g/mol. The third-order valence-electron chi connectivity index (χ3n) is 2.45. The van der Waals surface area contributed by atoms with Crippen LogP contribution in [0.4, 0.5) is 0 Å². The number of rotatable bonds is 6. The van der Waals surface area contributed by atoms with E-state index >= 15 is 0 Å². The Hall–Kier alpha value is -2.01. The Balaban J connectivity index is 2.28. The molecule has 0 radical (unpaired) electrons. The van der Waals surface area contributed by atoms with Crippen molar-refractivity contribution in [2.24, 2.45) is 4.99 Å². The van der Waals surface area contributed by atoms with Gasteiger partial charge in [-0.15, -0.1) is 6.58 Å². The molecule has 3 N–H and O–H groups in total. The molecule has 0 heterocycles. The second-order valence-corrected chi connectivity index (χ2v) is 4.37. The number of nitrogens with one attached hydrogen (secondary N) is 3. The molecule has 0 fully saturated rings. The van der Waals surface area contributed by atoms with Crippen molar-refractivity contribution >= 4 is 23.5 Å². The highest BCUT2D eigenvalue weighted by molar-refractivity contribution is 6.30. The molecule has 108 valence electrons. The zero-order valence-corrected chi connectivity index (χ0v) is 12.2. The third kappa shape index (κ3) is 5.75. The van der Waals surface area contributed by atoms with Crippen LogP contribution in [0.5, 0.6) is 0 Å². The molecule has 0 aromatic heterocycles. The van der Waals surface area contributed by atoms with E-state index in [0.717, 1.165) is 0 Å². The molecule has 0 aliphatic rings. The minimum Gasteiger partial charge on any atom is -0.355 e. The van der Waals surface area contributed by atoms with Crippen molar-refractivity contribution in [1.82, 2.24) is 16.0 Å². The largest absolute Gasteiger partial charge is 0.355 e. The Morgan fingerprint density at radius 3 is 2.50 bits per heavy atom. The van der Waals surface area contributed by atoms with E-state index in [1.54, 1.807) is 37.4 Å². The number of hydrogen-bond donors (Lipinski definition) is 3.